The van der Waals surface area contributed by atoms with Crippen molar-refractivity contribution in [2.45, 2.75) is 51.8 Å². The van der Waals surface area contributed by atoms with Gasteiger partial charge in [-0.25, -0.2) is 0 Å². The molecule has 1 aliphatic carbocycles. The quantitative estimate of drug-likeness (QED) is 0.808. The first-order chi connectivity index (χ1) is 13.1. The largest absolute Gasteiger partial charge is 0.382 e. The second-order valence-corrected chi connectivity index (χ2v) is 7.24. The summed E-state index contributed by atoms with van der Waals surface area (Å²) in [5, 5.41) is 10.6. The first-order valence-corrected chi connectivity index (χ1v) is 9.64. The number of hydrogen-bond acceptors (Lipinski definition) is 4. The molecule has 2 aromatic rings. The highest BCUT2D eigenvalue weighted by Gasteiger charge is 2.48. The Morgan fingerprint density at radius 2 is 1.33 bits per heavy atom. The van der Waals surface area contributed by atoms with Crippen LogP contribution in [0.4, 0.5) is 0 Å². The van der Waals surface area contributed by atoms with Crippen LogP contribution in [-0.2, 0) is 27.5 Å². The van der Waals surface area contributed by atoms with Crippen molar-refractivity contribution in [3.05, 3.63) is 71.8 Å². The molecule has 0 aromatic heterocycles. The smallest absolute Gasteiger partial charge is 0.167 e. The maximum Gasteiger partial charge on any atom is 0.167 e. The molecule has 3 rings (SSSR count). The van der Waals surface area contributed by atoms with Crippen molar-refractivity contribution in [3.63, 3.8) is 0 Å². The third kappa shape index (κ3) is 4.64. The molecule has 1 fully saturated rings. The van der Waals surface area contributed by atoms with E-state index in [0.29, 0.717) is 19.6 Å². The van der Waals surface area contributed by atoms with Crippen LogP contribution in [0.1, 0.15) is 31.4 Å². The molecule has 4 heteroatoms. The van der Waals surface area contributed by atoms with Gasteiger partial charge in [0.05, 0.1) is 19.3 Å². The van der Waals surface area contributed by atoms with E-state index in [1.807, 2.05) is 74.5 Å². The van der Waals surface area contributed by atoms with E-state index in [2.05, 4.69) is 0 Å². The maximum absolute atomic E-state index is 12.6. The molecular weight excluding hydrogens is 340 g/mol. The van der Waals surface area contributed by atoms with Gasteiger partial charge >= 0.3 is 0 Å². The maximum atomic E-state index is 12.6. The SMILES string of the molecule is CC[C@H]1C(=O)[C@@H](O)[C@H](OCc2ccccc2)[C@@H](OCc2ccccc2)[C@@H]1C. The highest BCUT2D eigenvalue weighted by molar-refractivity contribution is 5.87. The molecule has 0 amide bonds. The van der Waals surface area contributed by atoms with E-state index in [1.54, 1.807) is 0 Å². The second kappa shape index (κ2) is 9.27. The molecule has 144 valence electrons. The molecule has 0 heterocycles. The minimum absolute atomic E-state index is 0.0182. The van der Waals surface area contributed by atoms with Crippen LogP contribution in [-0.4, -0.2) is 29.2 Å². The molecule has 27 heavy (non-hydrogen) atoms. The molecule has 0 bridgehead atoms. The number of aliphatic hydroxyl groups excluding tert-OH is 1. The Bertz CT molecular complexity index is 716. The summed E-state index contributed by atoms with van der Waals surface area (Å²) >= 11 is 0. The molecule has 0 radical (unpaired) electrons. The summed E-state index contributed by atoms with van der Waals surface area (Å²) in [6, 6.07) is 19.7. The molecule has 5 atom stereocenters. The number of ether oxygens (including phenoxy) is 2. The Morgan fingerprint density at radius 3 is 1.81 bits per heavy atom. The average molecular weight is 368 g/mol. The molecule has 1 aliphatic rings. The van der Waals surface area contributed by atoms with Gasteiger partial charge in [0.2, 0.25) is 0 Å². The van der Waals surface area contributed by atoms with Crippen LogP contribution in [0, 0.1) is 11.8 Å². The van der Waals surface area contributed by atoms with Gasteiger partial charge < -0.3 is 14.6 Å². The highest BCUT2D eigenvalue weighted by atomic mass is 16.5. The summed E-state index contributed by atoms with van der Waals surface area (Å²) in [4.78, 5) is 12.6. The summed E-state index contributed by atoms with van der Waals surface area (Å²) < 4.78 is 12.2. The summed E-state index contributed by atoms with van der Waals surface area (Å²) in [6.07, 6.45) is -1.48. The normalized spacial score (nSPS) is 28.3. The zero-order chi connectivity index (χ0) is 19.2. The fraction of sp³-hybridized carbons (Fsp3) is 0.435. The number of carbonyl (C=O) groups is 1. The number of carbonyl (C=O) groups excluding carboxylic acids is 1. The van der Waals surface area contributed by atoms with Gasteiger partial charge in [-0.2, -0.15) is 0 Å². The van der Waals surface area contributed by atoms with Gasteiger partial charge in [0.1, 0.15) is 12.2 Å². The van der Waals surface area contributed by atoms with E-state index in [-0.39, 0.29) is 23.7 Å². The number of aliphatic hydroxyl groups is 1. The number of ketones is 1. The summed E-state index contributed by atoms with van der Waals surface area (Å²) in [5.74, 6) is -0.365. The molecule has 0 aliphatic heterocycles. The summed E-state index contributed by atoms with van der Waals surface area (Å²) in [6.45, 7) is 4.76. The zero-order valence-electron chi connectivity index (χ0n) is 16.0. The van der Waals surface area contributed by atoms with Gasteiger partial charge in [-0.3, -0.25) is 4.79 Å². The van der Waals surface area contributed by atoms with Crippen LogP contribution in [0.15, 0.2) is 60.7 Å². The number of hydrogen-bond donors (Lipinski definition) is 1. The fourth-order valence-corrected chi connectivity index (χ4v) is 3.89. The molecule has 1 N–H and O–H groups in total. The van der Waals surface area contributed by atoms with Crippen molar-refractivity contribution in [2.75, 3.05) is 0 Å². The van der Waals surface area contributed by atoms with E-state index in [1.165, 1.54) is 0 Å². The van der Waals surface area contributed by atoms with E-state index in [9.17, 15) is 9.90 Å². The van der Waals surface area contributed by atoms with Crippen molar-refractivity contribution in [1.82, 2.24) is 0 Å². The number of rotatable bonds is 7. The molecule has 1 saturated carbocycles. The van der Waals surface area contributed by atoms with E-state index < -0.39 is 12.2 Å². The molecule has 0 saturated heterocycles. The van der Waals surface area contributed by atoms with Crippen molar-refractivity contribution in [2.24, 2.45) is 11.8 Å². The third-order valence-electron chi connectivity index (χ3n) is 5.46. The van der Waals surface area contributed by atoms with Crippen LogP contribution in [0.2, 0.25) is 0 Å². The van der Waals surface area contributed by atoms with E-state index in [0.717, 1.165) is 11.1 Å². The van der Waals surface area contributed by atoms with E-state index in [4.69, 9.17) is 9.47 Å². The first kappa shape index (κ1) is 19.7. The molecule has 2 aromatic carbocycles. The van der Waals surface area contributed by atoms with Crippen LogP contribution in [0.3, 0.4) is 0 Å². The standard InChI is InChI=1S/C23H28O4/c1-3-19-16(2)22(26-14-17-10-6-4-7-11-17)23(21(25)20(19)24)27-15-18-12-8-5-9-13-18/h4-13,16,19,21-23,25H,3,14-15H2,1-2H3/t16-,19-,21-,22+,23+/m1/s1. The molecule has 4 nitrogen and oxygen atoms in total. The Labute approximate surface area is 161 Å². The predicted molar refractivity (Wildman–Crippen MR) is 104 cm³/mol. The minimum Gasteiger partial charge on any atom is -0.382 e. The fourth-order valence-electron chi connectivity index (χ4n) is 3.89. The zero-order valence-corrected chi connectivity index (χ0v) is 16.0. The summed E-state index contributed by atoms with van der Waals surface area (Å²) in [5.41, 5.74) is 2.06. The van der Waals surface area contributed by atoms with Gasteiger partial charge in [0, 0.05) is 5.92 Å². The topological polar surface area (TPSA) is 55.8 Å². The van der Waals surface area contributed by atoms with Crippen LogP contribution >= 0.6 is 0 Å². The lowest BCUT2D eigenvalue weighted by Crippen LogP contribution is -2.57. The Kier molecular flexibility index (Phi) is 6.78. The van der Waals surface area contributed by atoms with Crippen molar-refractivity contribution < 1.29 is 19.4 Å². The third-order valence-corrected chi connectivity index (χ3v) is 5.46. The second-order valence-electron chi connectivity index (χ2n) is 7.24. The first-order valence-electron chi connectivity index (χ1n) is 9.64. The lowest BCUT2D eigenvalue weighted by atomic mass is 9.73. The van der Waals surface area contributed by atoms with Crippen LogP contribution < -0.4 is 0 Å². The van der Waals surface area contributed by atoms with Gasteiger partial charge in [-0.05, 0) is 23.5 Å². The van der Waals surface area contributed by atoms with Gasteiger partial charge in [-0.15, -0.1) is 0 Å². The van der Waals surface area contributed by atoms with Crippen LogP contribution in [0.25, 0.3) is 0 Å². The molecular formula is C23H28O4. The average Bonchev–Trinajstić information content (AvgIpc) is 2.71. The highest BCUT2D eigenvalue weighted by Crippen LogP contribution is 2.34. The lowest BCUT2D eigenvalue weighted by molar-refractivity contribution is -0.187. The number of Topliss-reactive ketones (excluding diaryl/α,β-unsaturated/α-hetero) is 1. The Morgan fingerprint density at radius 1 is 0.852 bits per heavy atom. The molecule has 0 unspecified atom stereocenters. The molecule has 0 spiro atoms. The van der Waals surface area contributed by atoms with Crippen molar-refractivity contribution in [3.8, 4) is 0 Å². The van der Waals surface area contributed by atoms with Crippen molar-refractivity contribution in [1.29, 1.82) is 0 Å². The Balaban J connectivity index is 1.75. The van der Waals surface area contributed by atoms with E-state index >= 15 is 0 Å². The predicted octanol–water partition coefficient (Wildman–Crippen LogP) is 3.76. The van der Waals surface area contributed by atoms with Gasteiger partial charge in [0.25, 0.3) is 0 Å². The van der Waals surface area contributed by atoms with Gasteiger partial charge in [-0.1, -0.05) is 74.5 Å². The monoisotopic (exact) mass is 368 g/mol. The number of benzene rings is 2. The van der Waals surface area contributed by atoms with Gasteiger partial charge in [0.15, 0.2) is 5.78 Å². The van der Waals surface area contributed by atoms with Crippen molar-refractivity contribution >= 4 is 5.78 Å². The minimum atomic E-state index is -1.16. The Hall–Kier alpha value is -2.01. The lowest BCUT2D eigenvalue weighted by Gasteiger charge is -2.42. The van der Waals surface area contributed by atoms with Crippen LogP contribution in [0.5, 0.6) is 0 Å². The summed E-state index contributed by atoms with van der Waals surface area (Å²) in [7, 11) is 0.